The second-order valence-electron chi connectivity index (χ2n) is 5.02. The Bertz CT molecular complexity index is 247. The highest BCUT2D eigenvalue weighted by Gasteiger charge is 2.23. The molecule has 0 saturated carbocycles. The summed E-state index contributed by atoms with van der Waals surface area (Å²) in [5, 5.41) is 6.51. The summed E-state index contributed by atoms with van der Waals surface area (Å²) in [7, 11) is 1.91. The molecule has 0 radical (unpaired) electrons. The fourth-order valence-corrected chi connectivity index (χ4v) is 2.50. The highest BCUT2D eigenvalue weighted by atomic mass is 16.2. The minimum Gasteiger partial charge on any atom is -0.343 e. The molecule has 98 valence electrons. The first-order valence-corrected chi connectivity index (χ1v) is 6.69. The van der Waals surface area contributed by atoms with Gasteiger partial charge < -0.3 is 20.4 Å². The molecule has 2 rings (SSSR count). The van der Waals surface area contributed by atoms with E-state index in [2.05, 4.69) is 15.5 Å². The van der Waals surface area contributed by atoms with Gasteiger partial charge in [0.15, 0.2) is 0 Å². The molecule has 2 aliphatic heterocycles. The smallest absolute Gasteiger partial charge is 0.240 e. The first-order valence-electron chi connectivity index (χ1n) is 6.69. The molecular weight excluding hydrogens is 216 g/mol. The van der Waals surface area contributed by atoms with Crippen molar-refractivity contribution in [3.63, 3.8) is 0 Å². The van der Waals surface area contributed by atoms with Crippen LogP contribution < -0.4 is 10.6 Å². The molecule has 2 heterocycles. The van der Waals surface area contributed by atoms with Gasteiger partial charge in [0.2, 0.25) is 5.91 Å². The summed E-state index contributed by atoms with van der Waals surface area (Å²) in [6.07, 6.45) is 2.62. The third kappa shape index (κ3) is 3.66. The zero-order valence-corrected chi connectivity index (χ0v) is 10.7. The average Bonchev–Trinajstić information content (AvgIpc) is 2.89. The summed E-state index contributed by atoms with van der Waals surface area (Å²) in [5.74, 6) is 0.219. The maximum atomic E-state index is 12.1. The SMILES string of the molecule is CN(CCN1CCCC1)C(=O)C1CNCCN1. The monoisotopic (exact) mass is 240 g/mol. The number of likely N-dealkylation sites (N-methyl/N-ethyl adjacent to an activating group) is 1. The maximum absolute atomic E-state index is 12.1. The van der Waals surface area contributed by atoms with Gasteiger partial charge in [0.1, 0.15) is 0 Å². The van der Waals surface area contributed by atoms with Crippen LogP contribution in [-0.2, 0) is 4.79 Å². The van der Waals surface area contributed by atoms with E-state index in [-0.39, 0.29) is 11.9 Å². The Morgan fingerprint density at radius 1 is 1.35 bits per heavy atom. The Labute approximate surface area is 104 Å². The van der Waals surface area contributed by atoms with Crippen LogP contribution in [0, 0.1) is 0 Å². The summed E-state index contributed by atoms with van der Waals surface area (Å²) in [4.78, 5) is 16.4. The lowest BCUT2D eigenvalue weighted by molar-refractivity contribution is -0.132. The Kier molecular flexibility index (Phi) is 4.76. The van der Waals surface area contributed by atoms with Crippen molar-refractivity contribution in [2.75, 3.05) is 52.9 Å². The number of likely N-dealkylation sites (tertiary alicyclic amines) is 1. The van der Waals surface area contributed by atoms with E-state index in [1.165, 1.54) is 25.9 Å². The predicted octanol–water partition coefficient (Wildman–Crippen LogP) is -0.898. The van der Waals surface area contributed by atoms with Crippen molar-refractivity contribution in [3.05, 3.63) is 0 Å². The zero-order valence-electron chi connectivity index (χ0n) is 10.7. The molecule has 1 unspecified atom stereocenters. The number of nitrogens with zero attached hydrogens (tertiary/aromatic N) is 2. The van der Waals surface area contributed by atoms with Crippen LogP contribution in [-0.4, -0.2) is 74.6 Å². The molecule has 1 atom stereocenters. The largest absolute Gasteiger partial charge is 0.343 e. The summed E-state index contributed by atoms with van der Waals surface area (Å²) < 4.78 is 0. The number of carbonyl (C=O) groups excluding carboxylic acids is 1. The van der Waals surface area contributed by atoms with E-state index < -0.39 is 0 Å². The number of piperazine rings is 1. The van der Waals surface area contributed by atoms with Gasteiger partial charge in [-0.1, -0.05) is 0 Å². The lowest BCUT2D eigenvalue weighted by Crippen LogP contribution is -2.56. The molecule has 0 aromatic heterocycles. The normalized spacial score (nSPS) is 26.1. The van der Waals surface area contributed by atoms with Gasteiger partial charge in [0.05, 0.1) is 6.04 Å². The molecular formula is C12H24N4O. The summed E-state index contributed by atoms with van der Waals surface area (Å²) in [6, 6.07) is -0.0349. The van der Waals surface area contributed by atoms with Gasteiger partial charge in [-0.05, 0) is 25.9 Å². The van der Waals surface area contributed by atoms with Crippen LogP contribution >= 0.6 is 0 Å². The number of amides is 1. The van der Waals surface area contributed by atoms with Crippen LogP contribution in [0.1, 0.15) is 12.8 Å². The van der Waals surface area contributed by atoms with Gasteiger partial charge in [-0.15, -0.1) is 0 Å². The Hall–Kier alpha value is -0.650. The number of carbonyl (C=O) groups is 1. The zero-order chi connectivity index (χ0) is 12.1. The maximum Gasteiger partial charge on any atom is 0.240 e. The Morgan fingerprint density at radius 2 is 2.12 bits per heavy atom. The standard InChI is InChI=1S/C12H24N4O/c1-15(8-9-16-6-2-3-7-16)12(17)11-10-13-4-5-14-11/h11,13-14H,2-10H2,1H3. The predicted molar refractivity (Wildman–Crippen MR) is 68.0 cm³/mol. The summed E-state index contributed by atoms with van der Waals surface area (Å²) >= 11 is 0. The molecule has 2 N–H and O–H groups in total. The fourth-order valence-electron chi connectivity index (χ4n) is 2.50. The molecule has 2 fully saturated rings. The van der Waals surface area contributed by atoms with Gasteiger partial charge in [0, 0.05) is 39.8 Å². The quantitative estimate of drug-likeness (QED) is 0.669. The molecule has 17 heavy (non-hydrogen) atoms. The highest BCUT2D eigenvalue weighted by molar-refractivity contribution is 5.82. The molecule has 0 bridgehead atoms. The third-order valence-electron chi connectivity index (χ3n) is 3.67. The van der Waals surface area contributed by atoms with E-state index in [9.17, 15) is 4.79 Å². The second kappa shape index (κ2) is 6.33. The van der Waals surface area contributed by atoms with Gasteiger partial charge in [-0.3, -0.25) is 4.79 Å². The van der Waals surface area contributed by atoms with Gasteiger partial charge in [-0.25, -0.2) is 0 Å². The van der Waals surface area contributed by atoms with E-state index in [0.717, 1.165) is 32.7 Å². The van der Waals surface area contributed by atoms with Crippen molar-refractivity contribution in [1.29, 1.82) is 0 Å². The van der Waals surface area contributed by atoms with E-state index in [4.69, 9.17) is 0 Å². The number of rotatable bonds is 4. The molecule has 0 spiro atoms. The van der Waals surface area contributed by atoms with Crippen molar-refractivity contribution in [1.82, 2.24) is 20.4 Å². The van der Waals surface area contributed by atoms with Crippen LogP contribution in [0.15, 0.2) is 0 Å². The van der Waals surface area contributed by atoms with Crippen molar-refractivity contribution in [2.24, 2.45) is 0 Å². The third-order valence-corrected chi connectivity index (χ3v) is 3.67. The first kappa shape index (κ1) is 12.8. The lowest BCUT2D eigenvalue weighted by Gasteiger charge is -2.29. The number of nitrogens with one attached hydrogen (secondary N) is 2. The van der Waals surface area contributed by atoms with Crippen molar-refractivity contribution in [3.8, 4) is 0 Å². The van der Waals surface area contributed by atoms with E-state index in [1.54, 1.807) is 0 Å². The summed E-state index contributed by atoms with van der Waals surface area (Å²) in [5.41, 5.74) is 0. The molecule has 0 aromatic carbocycles. The second-order valence-corrected chi connectivity index (χ2v) is 5.02. The molecule has 2 aliphatic rings. The molecule has 2 saturated heterocycles. The van der Waals surface area contributed by atoms with Crippen LogP contribution in [0.2, 0.25) is 0 Å². The molecule has 5 nitrogen and oxygen atoms in total. The van der Waals surface area contributed by atoms with Crippen LogP contribution in [0.5, 0.6) is 0 Å². The van der Waals surface area contributed by atoms with Gasteiger partial charge in [-0.2, -0.15) is 0 Å². The summed E-state index contributed by atoms with van der Waals surface area (Å²) in [6.45, 7) is 6.86. The Morgan fingerprint density at radius 3 is 2.76 bits per heavy atom. The van der Waals surface area contributed by atoms with E-state index in [1.807, 2.05) is 11.9 Å². The van der Waals surface area contributed by atoms with Gasteiger partial charge in [0.25, 0.3) is 0 Å². The molecule has 5 heteroatoms. The van der Waals surface area contributed by atoms with Crippen LogP contribution in [0.25, 0.3) is 0 Å². The van der Waals surface area contributed by atoms with E-state index in [0.29, 0.717) is 0 Å². The van der Waals surface area contributed by atoms with Crippen LogP contribution in [0.3, 0.4) is 0 Å². The lowest BCUT2D eigenvalue weighted by atomic mass is 10.2. The Balaban J connectivity index is 1.70. The highest BCUT2D eigenvalue weighted by Crippen LogP contribution is 2.06. The fraction of sp³-hybridized carbons (Fsp3) is 0.917. The van der Waals surface area contributed by atoms with E-state index >= 15 is 0 Å². The first-order chi connectivity index (χ1) is 8.27. The van der Waals surface area contributed by atoms with Crippen LogP contribution in [0.4, 0.5) is 0 Å². The molecule has 1 amide bonds. The van der Waals surface area contributed by atoms with Crippen molar-refractivity contribution in [2.45, 2.75) is 18.9 Å². The minimum absolute atomic E-state index is 0.0349. The van der Waals surface area contributed by atoms with Crippen molar-refractivity contribution >= 4 is 5.91 Å². The topological polar surface area (TPSA) is 47.6 Å². The average molecular weight is 240 g/mol. The van der Waals surface area contributed by atoms with Crippen molar-refractivity contribution < 1.29 is 4.79 Å². The molecule has 0 aliphatic carbocycles. The number of hydrogen-bond donors (Lipinski definition) is 2. The van der Waals surface area contributed by atoms with Gasteiger partial charge >= 0.3 is 0 Å². The molecule has 0 aromatic rings. The number of hydrogen-bond acceptors (Lipinski definition) is 4. The minimum atomic E-state index is -0.0349.